The fourth-order valence-corrected chi connectivity index (χ4v) is 4.30. The third-order valence-corrected chi connectivity index (χ3v) is 5.93. The van der Waals surface area contributed by atoms with Gasteiger partial charge in [0.25, 0.3) is 0 Å². The maximum absolute atomic E-state index is 13.0. The van der Waals surface area contributed by atoms with E-state index in [4.69, 9.17) is 9.15 Å². The van der Waals surface area contributed by atoms with Gasteiger partial charge in [0.05, 0.1) is 6.26 Å². The summed E-state index contributed by atoms with van der Waals surface area (Å²) in [6.45, 7) is 10.1. The van der Waals surface area contributed by atoms with E-state index in [0.717, 1.165) is 29.5 Å². The van der Waals surface area contributed by atoms with Crippen LogP contribution < -0.4 is 0 Å². The summed E-state index contributed by atoms with van der Waals surface area (Å²) in [6, 6.07) is 0. The summed E-state index contributed by atoms with van der Waals surface area (Å²) in [4.78, 5) is 24.9. The van der Waals surface area contributed by atoms with Crippen molar-refractivity contribution in [3.63, 3.8) is 0 Å². The lowest BCUT2D eigenvalue weighted by molar-refractivity contribution is -0.149. The maximum Gasteiger partial charge on any atom is 0.330 e. The molecule has 0 N–H and O–H groups in total. The lowest BCUT2D eigenvalue weighted by Gasteiger charge is -2.49. The molecule has 1 saturated carbocycles. The molecule has 130 valence electrons. The van der Waals surface area contributed by atoms with Crippen molar-refractivity contribution in [3.8, 4) is 0 Å². The molecule has 24 heavy (non-hydrogen) atoms. The highest BCUT2D eigenvalue weighted by molar-refractivity contribution is 5.99. The first kappa shape index (κ1) is 17.0. The Hall–Kier alpha value is -1.84. The smallest absolute Gasteiger partial charge is 0.330 e. The number of allylic oxidation sites excluding steroid dienone is 1. The molecule has 4 heteroatoms. The van der Waals surface area contributed by atoms with E-state index in [-0.39, 0.29) is 29.2 Å². The number of ether oxygens (including phenoxy) is 1. The minimum atomic E-state index is -0.311. The Bertz CT molecular complexity index is 707. The molecule has 0 aromatic carbocycles. The predicted octanol–water partition coefficient (Wildman–Crippen LogP) is 4.26. The molecule has 2 aliphatic carbocycles. The third kappa shape index (κ3) is 2.72. The minimum Gasteiger partial charge on any atom is -0.461 e. The molecule has 4 atom stereocenters. The van der Waals surface area contributed by atoms with Gasteiger partial charge in [0, 0.05) is 17.6 Å². The van der Waals surface area contributed by atoms with E-state index in [9.17, 15) is 9.59 Å². The summed E-state index contributed by atoms with van der Waals surface area (Å²) in [5.74, 6) is 0.421. The lowest BCUT2D eigenvalue weighted by Crippen LogP contribution is -2.50. The number of fused-ring (bicyclic) bond motifs is 2. The highest BCUT2D eigenvalue weighted by atomic mass is 16.5. The monoisotopic (exact) mass is 330 g/mol. The van der Waals surface area contributed by atoms with Crippen LogP contribution in [0.4, 0.5) is 0 Å². The Labute approximate surface area is 143 Å². The van der Waals surface area contributed by atoms with Crippen molar-refractivity contribution in [1.82, 2.24) is 0 Å². The van der Waals surface area contributed by atoms with Crippen LogP contribution in [0.2, 0.25) is 0 Å². The molecule has 0 aliphatic heterocycles. The summed E-state index contributed by atoms with van der Waals surface area (Å²) in [5.41, 5.74) is 2.93. The molecule has 0 radical (unpaired) electrons. The molecule has 0 saturated heterocycles. The van der Waals surface area contributed by atoms with Gasteiger partial charge in [0.15, 0.2) is 5.76 Å². The predicted molar refractivity (Wildman–Crippen MR) is 90.8 cm³/mol. The molecule has 1 aromatic heterocycles. The molecule has 4 nitrogen and oxygen atoms in total. The number of carbonyl (C=O) groups is 2. The normalized spacial score (nSPS) is 31.9. The van der Waals surface area contributed by atoms with E-state index < -0.39 is 0 Å². The molecule has 0 amide bonds. The van der Waals surface area contributed by atoms with Gasteiger partial charge in [-0.05, 0) is 56.9 Å². The van der Waals surface area contributed by atoms with Crippen molar-refractivity contribution in [3.05, 3.63) is 34.8 Å². The third-order valence-electron chi connectivity index (χ3n) is 5.93. The Balaban J connectivity index is 1.86. The molecule has 0 bridgehead atoms. The van der Waals surface area contributed by atoms with Crippen molar-refractivity contribution < 1.29 is 18.7 Å². The Morgan fingerprint density at radius 1 is 1.38 bits per heavy atom. The van der Waals surface area contributed by atoms with E-state index in [1.807, 2.05) is 20.8 Å². The molecule has 0 spiro atoms. The van der Waals surface area contributed by atoms with Gasteiger partial charge in [-0.15, -0.1) is 0 Å². The maximum atomic E-state index is 13.0. The summed E-state index contributed by atoms with van der Waals surface area (Å²) >= 11 is 0. The Morgan fingerprint density at radius 2 is 2.08 bits per heavy atom. The number of ketones is 1. The molecule has 1 heterocycles. The van der Waals surface area contributed by atoms with Crippen LogP contribution in [0.5, 0.6) is 0 Å². The van der Waals surface area contributed by atoms with E-state index in [2.05, 4.69) is 13.8 Å². The first-order chi connectivity index (χ1) is 11.2. The van der Waals surface area contributed by atoms with Gasteiger partial charge < -0.3 is 9.15 Å². The van der Waals surface area contributed by atoms with Crippen LogP contribution in [-0.4, -0.2) is 17.9 Å². The minimum absolute atomic E-state index is 0.0710. The van der Waals surface area contributed by atoms with Gasteiger partial charge in [0.2, 0.25) is 5.78 Å². The van der Waals surface area contributed by atoms with Gasteiger partial charge in [-0.25, -0.2) is 4.79 Å². The number of esters is 1. The average molecular weight is 330 g/mol. The van der Waals surface area contributed by atoms with Crippen LogP contribution in [0, 0.1) is 24.2 Å². The standard InChI is InChI=1S/C20H26O4/c1-11(2)6-17(21)24-14-7-13(4)20(5)9-15-12(3)10-23-19(15)18(22)16(20)8-14/h6,10,13-14,16H,7-9H2,1-5H3. The molecule has 1 aromatic rings. The first-order valence-electron chi connectivity index (χ1n) is 8.69. The zero-order valence-electron chi connectivity index (χ0n) is 15.1. The van der Waals surface area contributed by atoms with Gasteiger partial charge in [-0.3, -0.25) is 4.79 Å². The fraction of sp³-hybridized carbons (Fsp3) is 0.600. The van der Waals surface area contributed by atoms with Gasteiger partial charge in [0.1, 0.15) is 6.10 Å². The Morgan fingerprint density at radius 3 is 2.75 bits per heavy atom. The van der Waals surface area contributed by atoms with Crippen molar-refractivity contribution in [1.29, 1.82) is 0 Å². The molecule has 2 aliphatic rings. The van der Waals surface area contributed by atoms with Crippen LogP contribution in [-0.2, 0) is 16.0 Å². The Kier molecular flexibility index (Phi) is 4.18. The number of rotatable bonds is 2. The number of Topliss-reactive ketones (excluding diaryl/α,β-unsaturated/α-hetero) is 1. The summed E-state index contributed by atoms with van der Waals surface area (Å²) < 4.78 is 11.1. The van der Waals surface area contributed by atoms with E-state index in [0.29, 0.717) is 18.1 Å². The van der Waals surface area contributed by atoms with Crippen LogP contribution in [0.3, 0.4) is 0 Å². The quantitative estimate of drug-likeness (QED) is 0.600. The molecular weight excluding hydrogens is 304 g/mol. The van der Waals surface area contributed by atoms with Crippen LogP contribution in [0.1, 0.15) is 62.2 Å². The number of furan rings is 1. The second-order valence-corrected chi connectivity index (χ2v) is 7.98. The number of aryl methyl sites for hydroxylation is 1. The molecule has 3 rings (SSSR count). The van der Waals surface area contributed by atoms with Crippen LogP contribution in [0.25, 0.3) is 0 Å². The molecule has 1 fully saturated rings. The lowest BCUT2D eigenvalue weighted by atomic mass is 9.54. The zero-order valence-corrected chi connectivity index (χ0v) is 15.1. The fourth-order valence-electron chi connectivity index (χ4n) is 4.30. The largest absolute Gasteiger partial charge is 0.461 e. The zero-order chi connectivity index (χ0) is 17.6. The van der Waals surface area contributed by atoms with Crippen molar-refractivity contribution in [2.24, 2.45) is 17.3 Å². The summed E-state index contributed by atoms with van der Waals surface area (Å²) in [5, 5.41) is 0. The van der Waals surface area contributed by atoms with Gasteiger partial charge >= 0.3 is 5.97 Å². The number of hydrogen-bond acceptors (Lipinski definition) is 4. The summed E-state index contributed by atoms with van der Waals surface area (Å²) in [7, 11) is 0. The van der Waals surface area contributed by atoms with E-state index in [1.54, 1.807) is 6.26 Å². The van der Waals surface area contributed by atoms with E-state index in [1.165, 1.54) is 6.08 Å². The highest BCUT2D eigenvalue weighted by Gasteiger charge is 2.53. The second-order valence-electron chi connectivity index (χ2n) is 7.98. The number of carbonyl (C=O) groups excluding carboxylic acids is 2. The van der Waals surface area contributed by atoms with Crippen LogP contribution >= 0.6 is 0 Å². The first-order valence-corrected chi connectivity index (χ1v) is 8.69. The second kappa shape index (κ2) is 5.91. The highest BCUT2D eigenvalue weighted by Crippen LogP contribution is 2.53. The molecule has 4 unspecified atom stereocenters. The topological polar surface area (TPSA) is 56.5 Å². The average Bonchev–Trinajstić information content (AvgIpc) is 2.82. The SMILES string of the molecule is CC(C)=CC(=O)OC1CC(C)C2(C)Cc3c(C)coc3C(=O)C2C1. The van der Waals surface area contributed by atoms with E-state index >= 15 is 0 Å². The van der Waals surface area contributed by atoms with Crippen LogP contribution in [0.15, 0.2) is 22.3 Å². The van der Waals surface area contributed by atoms with Crippen molar-refractivity contribution >= 4 is 11.8 Å². The summed E-state index contributed by atoms with van der Waals surface area (Å²) in [6.07, 6.45) is 5.23. The van der Waals surface area contributed by atoms with Crippen molar-refractivity contribution in [2.45, 2.75) is 60.0 Å². The number of hydrogen-bond donors (Lipinski definition) is 0. The van der Waals surface area contributed by atoms with Gasteiger partial charge in [-0.1, -0.05) is 19.4 Å². The van der Waals surface area contributed by atoms with Crippen molar-refractivity contribution in [2.75, 3.05) is 0 Å². The van der Waals surface area contributed by atoms with Gasteiger partial charge in [-0.2, -0.15) is 0 Å². The molecular formula is C20H26O4.